The van der Waals surface area contributed by atoms with Crippen molar-refractivity contribution < 1.29 is 22.4 Å². The van der Waals surface area contributed by atoms with Crippen molar-refractivity contribution >= 4 is 34.1 Å². The molecule has 2 aromatic carbocycles. The summed E-state index contributed by atoms with van der Waals surface area (Å²) in [5.41, 5.74) is 5.61. The minimum absolute atomic E-state index is 0.125. The topological polar surface area (TPSA) is 102 Å². The largest absolute Gasteiger partial charge is 0.416 e. The summed E-state index contributed by atoms with van der Waals surface area (Å²) in [5, 5.41) is 5.16. The van der Waals surface area contributed by atoms with E-state index in [9.17, 15) is 27.2 Å². The molecule has 0 aliphatic rings. The van der Waals surface area contributed by atoms with Gasteiger partial charge in [0, 0.05) is 35.9 Å². The normalized spacial score (nSPS) is 11.5. The number of nitrogens with two attached hydrogens (primary N) is 1. The number of aromatic nitrogens is 2. The zero-order valence-electron chi connectivity index (χ0n) is 18.5. The molecule has 35 heavy (non-hydrogen) atoms. The van der Waals surface area contributed by atoms with E-state index in [0.717, 1.165) is 24.3 Å². The molecule has 0 radical (unpaired) electrons. The van der Waals surface area contributed by atoms with Crippen molar-refractivity contribution in [2.75, 3.05) is 16.4 Å². The predicted octanol–water partition coefficient (Wildman–Crippen LogP) is 5.29. The van der Waals surface area contributed by atoms with Gasteiger partial charge in [0.15, 0.2) is 0 Å². The van der Waals surface area contributed by atoms with Crippen molar-refractivity contribution in [3.8, 4) is 11.1 Å². The van der Waals surface area contributed by atoms with Crippen LogP contribution in [0.25, 0.3) is 22.0 Å². The minimum Gasteiger partial charge on any atom is -0.384 e. The van der Waals surface area contributed by atoms with Gasteiger partial charge in [0.05, 0.1) is 16.8 Å². The monoisotopic (exact) mass is 485 g/mol. The minimum atomic E-state index is -4.58. The van der Waals surface area contributed by atoms with Crippen LogP contribution in [-0.4, -0.2) is 15.6 Å². The van der Waals surface area contributed by atoms with Gasteiger partial charge in [0.25, 0.3) is 5.56 Å². The lowest BCUT2D eigenvalue weighted by atomic mass is 9.99. The van der Waals surface area contributed by atoms with Crippen LogP contribution >= 0.6 is 0 Å². The number of urea groups is 1. The highest BCUT2D eigenvalue weighted by molar-refractivity contribution is 6.00. The molecule has 0 saturated heterocycles. The first-order chi connectivity index (χ1) is 16.4. The first-order valence-electron chi connectivity index (χ1n) is 10.2. The van der Waals surface area contributed by atoms with Gasteiger partial charge >= 0.3 is 12.2 Å². The molecule has 0 unspecified atom stereocenters. The highest BCUT2D eigenvalue weighted by atomic mass is 19.4. The quantitative estimate of drug-likeness (QED) is 0.343. The highest BCUT2D eigenvalue weighted by Gasteiger charge is 2.30. The summed E-state index contributed by atoms with van der Waals surface area (Å²) in [5.74, 6) is -0.533. The number of fused-ring (bicyclic) bond motifs is 1. The number of hydrogen-bond donors (Lipinski definition) is 3. The van der Waals surface area contributed by atoms with Crippen molar-refractivity contribution in [1.82, 2.24) is 9.55 Å². The van der Waals surface area contributed by atoms with Gasteiger partial charge in [0.1, 0.15) is 11.6 Å². The molecule has 2 amide bonds. The van der Waals surface area contributed by atoms with Gasteiger partial charge in [-0.05, 0) is 54.4 Å². The van der Waals surface area contributed by atoms with E-state index >= 15 is 0 Å². The molecule has 0 atom stereocenters. The summed E-state index contributed by atoms with van der Waals surface area (Å²) >= 11 is 0. The average Bonchev–Trinajstić information content (AvgIpc) is 2.78. The predicted molar refractivity (Wildman–Crippen MR) is 126 cm³/mol. The number of nitrogens with zero attached hydrogens (tertiary/aromatic N) is 2. The molecule has 0 bridgehead atoms. The number of benzene rings is 2. The Kier molecular flexibility index (Phi) is 5.93. The molecule has 0 aliphatic carbocycles. The van der Waals surface area contributed by atoms with E-state index in [1.54, 1.807) is 26.1 Å². The number of pyridine rings is 2. The number of carbonyl (C=O) groups is 1. The van der Waals surface area contributed by atoms with Gasteiger partial charge in [-0.25, -0.2) is 14.2 Å². The molecule has 0 spiro atoms. The lowest BCUT2D eigenvalue weighted by Crippen LogP contribution is -2.21. The SMILES string of the molecule is Cc1cc(F)c(NC(=O)Nc2cccc(C(F)(F)F)c2)cc1-c1cc2cnc(N)cc2n(C)c1=O. The number of anilines is 3. The fraction of sp³-hybridized carbons (Fsp3) is 0.125. The number of alkyl halides is 3. The van der Waals surface area contributed by atoms with Crippen molar-refractivity contribution in [2.24, 2.45) is 7.05 Å². The van der Waals surface area contributed by atoms with Crippen molar-refractivity contribution in [3.05, 3.63) is 82.0 Å². The fourth-order valence-corrected chi connectivity index (χ4v) is 3.69. The third-order valence-corrected chi connectivity index (χ3v) is 5.43. The van der Waals surface area contributed by atoms with Crippen molar-refractivity contribution in [1.29, 1.82) is 0 Å². The maximum absolute atomic E-state index is 14.6. The first kappa shape index (κ1) is 23.7. The van der Waals surface area contributed by atoms with Crippen LogP contribution in [0.3, 0.4) is 0 Å². The Morgan fingerprint density at radius 2 is 1.80 bits per heavy atom. The number of amides is 2. The van der Waals surface area contributed by atoms with E-state index in [2.05, 4.69) is 15.6 Å². The van der Waals surface area contributed by atoms with E-state index in [1.165, 1.54) is 22.9 Å². The van der Waals surface area contributed by atoms with E-state index in [1.807, 2.05) is 0 Å². The van der Waals surface area contributed by atoms with Gasteiger partial charge in [-0.2, -0.15) is 13.2 Å². The molecule has 7 nitrogen and oxygen atoms in total. The number of hydrogen-bond acceptors (Lipinski definition) is 4. The third-order valence-electron chi connectivity index (χ3n) is 5.43. The molecule has 0 aliphatic heterocycles. The van der Waals surface area contributed by atoms with Crippen LogP contribution in [0.2, 0.25) is 0 Å². The maximum atomic E-state index is 14.6. The second-order valence-corrected chi connectivity index (χ2v) is 7.89. The molecule has 2 heterocycles. The van der Waals surface area contributed by atoms with E-state index in [0.29, 0.717) is 22.0 Å². The summed E-state index contributed by atoms with van der Waals surface area (Å²) in [6, 6.07) is 8.68. The van der Waals surface area contributed by atoms with Crippen LogP contribution in [0.1, 0.15) is 11.1 Å². The van der Waals surface area contributed by atoms with Crippen LogP contribution in [0.5, 0.6) is 0 Å². The van der Waals surface area contributed by atoms with E-state index in [-0.39, 0.29) is 28.3 Å². The molecule has 180 valence electrons. The highest BCUT2D eigenvalue weighted by Crippen LogP contribution is 2.31. The second-order valence-electron chi connectivity index (χ2n) is 7.89. The molecule has 2 aromatic heterocycles. The molecule has 11 heteroatoms. The molecule has 4 N–H and O–H groups in total. The number of nitrogen functional groups attached to an aromatic ring is 1. The number of rotatable bonds is 3. The smallest absolute Gasteiger partial charge is 0.384 e. The molecule has 0 saturated carbocycles. The number of aryl methyl sites for hydroxylation is 2. The van der Waals surface area contributed by atoms with Gasteiger partial charge in [-0.3, -0.25) is 4.79 Å². The molecule has 0 fully saturated rings. The molecule has 4 aromatic rings. The Morgan fingerprint density at radius 1 is 1.06 bits per heavy atom. The lowest BCUT2D eigenvalue weighted by Gasteiger charge is -2.14. The van der Waals surface area contributed by atoms with Crippen molar-refractivity contribution in [2.45, 2.75) is 13.1 Å². The summed E-state index contributed by atoms with van der Waals surface area (Å²) < 4.78 is 54.8. The Hall–Kier alpha value is -4.41. The van der Waals surface area contributed by atoms with Gasteiger partial charge in [-0.1, -0.05) is 6.07 Å². The zero-order valence-corrected chi connectivity index (χ0v) is 18.5. The zero-order chi connectivity index (χ0) is 25.5. The average molecular weight is 485 g/mol. The van der Waals surface area contributed by atoms with Crippen LogP contribution in [0.15, 0.2) is 59.5 Å². The van der Waals surface area contributed by atoms with Crippen LogP contribution in [-0.2, 0) is 13.2 Å². The Labute approximate surface area is 196 Å². The maximum Gasteiger partial charge on any atom is 0.416 e. The van der Waals surface area contributed by atoms with E-state index < -0.39 is 23.6 Å². The number of carbonyl (C=O) groups excluding carboxylic acids is 1. The standard InChI is InChI=1S/C24H19F4N5O2/c1-12-6-18(25)19(32-23(35)31-15-5-3-4-14(8-15)24(26,27)28)9-16(12)17-7-13-11-30-21(29)10-20(13)33(2)22(17)34/h3-11H,1-2H3,(H2,29,30)(H2,31,32,35). The third kappa shape index (κ3) is 4.79. The van der Waals surface area contributed by atoms with Gasteiger partial charge in [0.2, 0.25) is 0 Å². The molecular formula is C24H19F4N5O2. The number of nitrogens with one attached hydrogen (secondary N) is 2. The lowest BCUT2D eigenvalue weighted by molar-refractivity contribution is -0.137. The summed E-state index contributed by atoms with van der Waals surface area (Å²) in [6.45, 7) is 1.61. The van der Waals surface area contributed by atoms with Crippen LogP contribution in [0.4, 0.5) is 39.5 Å². The van der Waals surface area contributed by atoms with Gasteiger partial charge < -0.3 is 20.9 Å². The number of halogens is 4. The summed E-state index contributed by atoms with van der Waals surface area (Å²) in [6.07, 6.45) is -3.08. The van der Waals surface area contributed by atoms with Crippen LogP contribution < -0.4 is 21.9 Å². The summed E-state index contributed by atoms with van der Waals surface area (Å²) in [7, 11) is 1.56. The van der Waals surface area contributed by atoms with Crippen LogP contribution in [0, 0.1) is 12.7 Å². The molecule has 4 rings (SSSR count). The summed E-state index contributed by atoms with van der Waals surface area (Å²) in [4.78, 5) is 29.5. The Balaban J connectivity index is 1.68. The second kappa shape index (κ2) is 8.75. The van der Waals surface area contributed by atoms with Gasteiger partial charge in [-0.15, -0.1) is 0 Å². The van der Waals surface area contributed by atoms with E-state index in [4.69, 9.17) is 5.73 Å². The first-order valence-corrected chi connectivity index (χ1v) is 10.2. The molecular weight excluding hydrogens is 466 g/mol. The Bertz CT molecular complexity index is 1530. The van der Waals surface area contributed by atoms with Crippen molar-refractivity contribution in [3.63, 3.8) is 0 Å². The Morgan fingerprint density at radius 3 is 2.51 bits per heavy atom. The fourth-order valence-electron chi connectivity index (χ4n) is 3.69.